The molecule has 1 fully saturated rings. The number of nitrogens with two attached hydrogens (primary N) is 1. The van der Waals surface area contributed by atoms with Crippen LogP contribution in [0.2, 0.25) is 0 Å². The maximum Gasteiger partial charge on any atom is 0.220 e. The lowest BCUT2D eigenvalue weighted by Gasteiger charge is -2.20. The van der Waals surface area contributed by atoms with Crippen LogP contribution in [0.3, 0.4) is 0 Å². The molecule has 1 aliphatic heterocycles. The summed E-state index contributed by atoms with van der Waals surface area (Å²) in [5.41, 5.74) is 5.37. The molecule has 1 atom stereocenters. The van der Waals surface area contributed by atoms with Gasteiger partial charge in [0, 0.05) is 13.0 Å². The van der Waals surface area contributed by atoms with Crippen LogP contribution in [0.5, 0.6) is 0 Å². The summed E-state index contributed by atoms with van der Waals surface area (Å²) >= 11 is 0. The molecule has 1 amide bonds. The molecule has 1 saturated heterocycles. The molecule has 1 heterocycles. The minimum Gasteiger partial charge on any atom is -0.356 e. The second kappa shape index (κ2) is 3.56. The number of hydrogen-bond donors (Lipinski definition) is 2. The molecule has 3 heteroatoms. The Hall–Kier alpha value is -0.570. The third kappa shape index (κ3) is 1.99. The van der Waals surface area contributed by atoms with E-state index < -0.39 is 0 Å². The number of hydrogen-bond acceptors (Lipinski definition) is 2. The van der Waals surface area contributed by atoms with E-state index in [1.807, 2.05) is 0 Å². The van der Waals surface area contributed by atoms with Crippen molar-refractivity contribution in [3.05, 3.63) is 0 Å². The van der Waals surface area contributed by atoms with Gasteiger partial charge in [-0.1, -0.05) is 0 Å². The summed E-state index contributed by atoms with van der Waals surface area (Å²) in [4.78, 5) is 10.8. The summed E-state index contributed by atoms with van der Waals surface area (Å²) in [6.45, 7) is 1.54. The van der Waals surface area contributed by atoms with Gasteiger partial charge in [-0.15, -0.1) is 0 Å². The molecule has 0 aromatic carbocycles. The lowest BCUT2D eigenvalue weighted by atomic mass is 9.94. The van der Waals surface area contributed by atoms with Gasteiger partial charge >= 0.3 is 0 Å². The van der Waals surface area contributed by atoms with Crippen LogP contribution in [0.15, 0.2) is 0 Å². The summed E-state index contributed by atoms with van der Waals surface area (Å²) in [7, 11) is 0. The Morgan fingerprint density at radius 1 is 1.70 bits per heavy atom. The van der Waals surface area contributed by atoms with Crippen LogP contribution in [0, 0.1) is 5.92 Å². The first kappa shape index (κ1) is 7.54. The minimum atomic E-state index is 0.185. The van der Waals surface area contributed by atoms with Crippen molar-refractivity contribution in [3.63, 3.8) is 0 Å². The van der Waals surface area contributed by atoms with Crippen molar-refractivity contribution in [2.24, 2.45) is 11.7 Å². The topological polar surface area (TPSA) is 55.1 Å². The number of rotatable bonds is 2. The van der Waals surface area contributed by atoms with Gasteiger partial charge in [0.25, 0.3) is 0 Å². The third-order valence-electron chi connectivity index (χ3n) is 1.92. The molecule has 0 saturated carbocycles. The van der Waals surface area contributed by atoms with Gasteiger partial charge in [0.2, 0.25) is 5.91 Å². The first-order chi connectivity index (χ1) is 4.83. The molecule has 0 bridgehead atoms. The molecule has 0 aromatic heterocycles. The Bertz CT molecular complexity index is 123. The van der Waals surface area contributed by atoms with Crippen LogP contribution in [-0.4, -0.2) is 19.0 Å². The lowest BCUT2D eigenvalue weighted by Crippen LogP contribution is -2.34. The summed E-state index contributed by atoms with van der Waals surface area (Å²) in [5, 5.41) is 2.79. The summed E-state index contributed by atoms with van der Waals surface area (Å²) in [5.74, 6) is 0.725. The number of amides is 1. The second-order valence-electron chi connectivity index (χ2n) is 2.79. The van der Waals surface area contributed by atoms with Crippen molar-refractivity contribution in [3.8, 4) is 0 Å². The van der Waals surface area contributed by atoms with Crippen LogP contribution in [0.25, 0.3) is 0 Å². The largest absolute Gasteiger partial charge is 0.356 e. The Balaban J connectivity index is 2.25. The first-order valence-corrected chi connectivity index (χ1v) is 3.79. The van der Waals surface area contributed by atoms with E-state index in [-0.39, 0.29) is 5.91 Å². The van der Waals surface area contributed by atoms with E-state index in [0.717, 1.165) is 19.4 Å². The fraction of sp³-hybridized carbons (Fsp3) is 0.857. The molecule has 3 nitrogen and oxygen atoms in total. The average Bonchev–Trinajstić information content (AvgIpc) is 1.88. The molecule has 0 radical (unpaired) electrons. The highest BCUT2D eigenvalue weighted by Gasteiger charge is 2.17. The number of nitrogens with one attached hydrogen (secondary N) is 1. The molecule has 0 aromatic rings. The van der Waals surface area contributed by atoms with Crippen LogP contribution < -0.4 is 11.1 Å². The van der Waals surface area contributed by atoms with Gasteiger partial charge in [0.05, 0.1) is 0 Å². The van der Waals surface area contributed by atoms with Gasteiger partial charge in [-0.25, -0.2) is 0 Å². The number of carbonyl (C=O) groups is 1. The lowest BCUT2D eigenvalue weighted by molar-refractivity contribution is -0.123. The zero-order chi connectivity index (χ0) is 7.40. The quantitative estimate of drug-likeness (QED) is 0.564. The predicted molar refractivity (Wildman–Crippen MR) is 39.4 cm³/mol. The van der Waals surface area contributed by atoms with Crippen molar-refractivity contribution in [2.45, 2.75) is 19.3 Å². The Kier molecular flexibility index (Phi) is 2.68. The highest BCUT2D eigenvalue weighted by atomic mass is 16.1. The van der Waals surface area contributed by atoms with Crippen molar-refractivity contribution < 1.29 is 4.79 Å². The van der Waals surface area contributed by atoms with Gasteiger partial charge in [0.1, 0.15) is 0 Å². The SMILES string of the molecule is NCCC1CCNC(=O)C1. The van der Waals surface area contributed by atoms with E-state index >= 15 is 0 Å². The highest BCUT2D eigenvalue weighted by molar-refractivity contribution is 5.76. The fourth-order valence-corrected chi connectivity index (χ4v) is 1.33. The molecule has 0 aliphatic carbocycles. The maximum absolute atomic E-state index is 10.8. The van der Waals surface area contributed by atoms with E-state index in [1.165, 1.54) is 0 Å². The van der Waals surface area contributed by atoms with Gasteiger partial charge in [0.15, 0.2) is 0 Å². The number of carbonyl (C=O) groups excluding carboxylic acids is 1. The van der Waals surface area contributed by atoms with E-state index in [4.69, 9.17) is 5.73 Å². The summed E-state index contributed by atoms with van der Waals surface area (Å²) in [6, 6.07) is 0. The third-order valence-corrected chi connectivity index (χ3v) is 1.92. The monoisotopic (exact) mass is 142 g/mol. The molecule has 10 heavy (non-hydrogen) atoms. The van der Waals surface area contributed by atoms with Crippen molar-refractivity contribution in [2.75, 3.05) is 13.1 Å². The first-order valence-electron chi connectivity index (χ1n) is 3.79. The molecule has 1 aliphatic rings. The van der Waals surface area contributed by atoms with E-state index in [2.05, 4.69) is 5.32 Å². The van der Waals surface area contributed by atoms with Crippen LogP contribution in [0.1, 0.15) is 19.3 Å². The normalized spacial score (nSPS) is 26.1. The minimum absolute atomic E-state index is 0.185. The van der Waals surface area contributed by atoms with Crippen LogP contribution in [-0.2, 0) is 4.79 Å². The smallest absolute Gasteiger partial charge is 0.220 e. The molecule has 1 unspecified atom stereocenters. The standard InChI is InChI=1S/C7H14N2O/c8-3-1-6-2-4-9-7(10)5-6/h6H,1-5,8H2,(H,9,10). The van der Waals surface area contributed by atoms with Crippen molar-refractivity contribution in [1.29, 1.82) is 0 Å². The van der Waals surface area contributed by atoms with Gasteiger partial charge in [-0.05, 0) is 25.3 Å². The Labute approximate surface area is 61.0 Å². The van der Waals surface area contributed by atoms with Crippen LogP contribution >= 0.6 is 0 Å². The fourth-order valence-electron chi connectivity index (χ4n) is 1.33. The zero-order valence-corrected chi connectivity index (χ0v) is 6.10. The van der Waals surface area contributed by atoms with Crippen LogP contribution in [0.4, 0.5) is 0 Å². The maximum atomic E-state index is 10.8. The van der Waals surface area contributed by atoms with Gasteiger partial charge < -0.3 is 11.1 Å². The molecular weight excluding hydrogens is 128 g/mol. The zero-order valence-electron chi connectivity index (χ0n) is 6.10. The predicted octanol–water partition coefficient (Wildman–Crippen LogP) is -0.139. The van der Waals surface area contributed by atoms with E-state index in [9.17, 15) is 4.79 Å². The van der Waals surface area contributed by atoms with Gasteiger partial charge in [-0.2, -0.15) is 0 Å². The number of piperidine rings is 1. The van der Waals surface area contributed by atoms with E-state index in [1.54, 1.807) is 0 Å². The second-order valence-corrected chi connectivity index (χ2v) is 2.79. The molecule has 3 N–H and O–H groups in total. The Morgan fingerprint density at radius 3 is 3.10 bits per heavy atom. The Morgan fingerprint density at radius 2 is 2.50 bits per heavy atom. The van der Waals surface area contributed by atoms with Crippen molar-refractivity contribution >= 4 is 5.91 Å². The average molecular weight is 142 g/mol. The summed E-state index contributed by atoms with van der Waals surface area (Å²) < 4.78 is 0. The molecule has 58 valence electrons. The molecule has 1 rings (SSSR count). The summed E-state index contributed by atoms with van der Waals surface area (Å²) in [6.07, 6.45) is 2.77. The van der Waals surface area contributed by atoms with Gasteiger partial charge in [-0.3, -0.25) is 4.79 Å². The molecule has 0 spiro atoms. The molecular formula is C7H14N2O. The van der Waals surface area contributed by atoms with E-state index in [0.29, 0.717) is 18.9 Å². The highest BCUT2D eigenvalue weighted by Crippen LogP contribution is 2.14. The van der Waals surface area contributed by atoms with Crippen molar-refractivity contribution in [1.82, 2.24) is 5.32 Å².